The van der Waals surface area contributed by atoms with Gasteiger partial charge in [-0.2, -0.15) is 0 Å². The van der Waals surface area contributed by atoms with Crippen LogP contribution < -0.4 is 4.74 Å². The molecule has 0 aromatic carbocycles. The Kier molecular flexibility index (Phi) is 3.61. The number of hydrogen-bond acceptors (Lipinski definition) is 2. The molecule has 1 aromatic heterocycles. The maximum absolute atomic E-state index is 5.50. The van der Waals surface area contributed by atoms with Crippen LogP contribution in [0, 0.1) is 0 Å². The predicted molar refractivity (Wildman–Crippen MR) is 50.5 cm³/mol. The van der Waals surface area contributed by atoms with Gasteiger partial charge in [-0.1, -0.05) is 12.2 Å². The van der Waals surface area contributed by atoms with E-state index in [9.17, 15) is 0 Å². The van der Waals surface area contributed by atoms with Crippen LogP contribution in [0.25, 0.3) is 6.08 Å². The largest absolute Gasteiger partial charge is 0.481 e. The van der Waals surface area contributed by atoms with Gasteiger partial charge in [-0.05, 0) is 12.1 Å². The molecule has 0 aliphatic rings. The third-order valence-corrected chi connectivity index (χ3v) is 1.56. The Labute approximate surface area is 76.8 Å². The van der Waals surface area contributed by atoms with Crippen LogP contribution in [0.5, 0.6) is 5.88 Å². The molecule has 0 aliphatic carbocycles. The van der Waals surface area contributed by atoms with Gasteiger partial charge < -0.3 is 4.74 Å². The number of rotatable bonds is 3. The summed E-state index contributed by atoms with van der Waals surface area (Å²) in [5, 5.41) is 0. The van der Waals surface area contributed by atoms with Crippen LogP contribution in [-0.2, 0) is 0 Å². The SMILES string of the molecule is COc1ncccc1C=CCCl. The van der Waals surface area contributed by atoms with Crippen molar-refractivity contribution in [2.24, 2.45) is 0 Å². The molecule has 0 unspecified atom stereocenters. The summed E-state index contributed by atoms with van der Waals surface area (Å²) in [7, 11) is 1.60. The lowest BCUT2D eigenvalue weighted by molar-refractivity contribution is 0.397. The molecule has 12 heavy (non-hydrogen) atoms. The van der Waals surface area contributed by atoms with Crippen LogP contribution in [0.2, 0.25) is 0 Å². The average molecular weight is 184 g/mol. The van der Waals surface area contributed by atoms with Crippen molar-refractivity contribution in [3.63, 3.8) is 0 Å². The van der Waals surface area contributed by atoms with Gasteiger partial charge in [-0.15, -0.1) is 11.6 Å². The summed E-state index contributed by atoms with van der Waals surface area (Å²) >= 11 is 5.50. The average Bonchev–Trinajstić information content (AvgIpc) is 2.15. The van der Waals surface area contributed by atoms with E-state index in [2.05, 4.69) is 4.98 Å². The summed E-state index contributed by atoms with van der Waals surface area (Å²) in [5.74, 6) is 1.12. The highest BCUT2D eigenvalue weighted by Crippen LogP contribution is 2.14. The van der Waals surface area contributed by atoms with Gasteiger partial charge in [0.2, 0.25) is 5.88 Å². The standard InChI is InChI=1S/C9H10ClNO/c1-12-9-8(4-2-6-10)5-3-7-11-9/h2-5,7H,6H2,1H3. The van der Waals surface area contributed by atoms with Crippen LogP contribution in [0.1, 0.15) is 5.56 Å². The summed E-state index contributed by atoms with van der Waals surface area (Å²) in [6.45, 7) is 0. The first-order valence-corrected chi connectivity index (χ1v) is 4.13. The second-order valence-electron chi connectivity index (χ2n) is 2.16. The molecule has 3 heteroatoms. The number of ether oxygens (including phenoxy) is 1. The van der Waals surface area contributed by atoms with Crippen molar-refractivity contribution in [2.45, 2.75) is 0 Å². The van der Waals surface area contributed by atoms with Gasteiger partial charge in [0.1, 0.15) is 0 Å². The Bertz CT molecular complexity index is 273. The van der Waals surface area contributed by atoms with Gasteiger partial charge in [0, 0.05) is 17.6 Å². The molecular formula is C9H10ClNO. The van der Waals surface area contributed by atoms with Crippen molar-refractivity contribution < 1.29 is 4.74 Å². The molecular weight excluding hydrogens is 174 g/mol. The van der Waals surface area contributed by atoms with Gasteiger partial charge in [-0.25, -0.2) is 4.98 Å². The third kappa shape index (κ3) is 2.24. The van der Waals surface area contributed by atoms with E-state index in [-0.39, 0.29) is 0 Å². The minimum Gasteiger partial charge on any atom is -0.481 e. The second kappa shape index (κ2) is 4.78. The molecule has 64 valence electrons. The normalized spacial score (nSPS) is 10.5. The molecule has 1 aromatic rings. The molecule has 0 atom stereocenters. The lowest BCUT2D eigenvalue weighted by Gasteiger charge is -2.00. The number of pyridine rings is 1. The Hall–Kier alpha value is -1.02. The first-order valence-electron chi connectivity index (χ1n) is 3.60. The lowest BCUT2D eigenvalue weighted by Crippen LogP contribution is -1.89. The molecule has 0 amide bonds. The fourth-order valence-electron chi connectivity index (χ4n) is 0.872. The second-order valence-corrected chi connectivity index (χ2v) is 2.47. The molecule has 0 saturated carbocycles. The zero-order chi connectivity index (χ0) is 8.81. The summed E-state index contributed by atoms with van der Waals surface area (Å²) < 4.78 is 5.04. The molecule has 0 aliphatic heterocycles. The summed E-state index contributed by atoms with van der Waals surface area (Å²) in [4.78, 5) is 4.03. The molecule has 2 nitrogen and oxygen atoms in total. The topological polar surface area (TPSA) is 22.1 Å². The molecule has 0 N–H and O–H groups in total. The monoisotopic (exact) mass is 183 g/mol. The Balaban J connectivity index is 2.89. The van der Waals surface area contributed by atoms with Crippen LogP contribution in [-0.4, -0.2) is 18.0 Å². The van der Waals surface area contributed by atoms with Crippen molar-refractivity contribution in [1.82, 2.24) is 4.98 Å². The van der Waals surface area contributed by atoms with E-state index >= 15 is 0 Å². The highest BCUT2D eigenvalue weighted by atomic mass is 35.5. The lowest BCUT2D eigenvalue weighted by atomic mass is 10.2. The van der Waals surface area contributed by atoms with Gasteiger partial charge >= 0.3 is 0 Å². The first kappa shape index (κ1) is 9.07. The number of allylic oxidation sites excluding steroid dienone is 1. The van der Waals surface area contributed by atoms with Crippen molar-refractivity contribution in [1.29, 1.82) is 0 Å². The number of methoxy groups -OCH3 is 1. The van der Waals surface area contributed by atoms with Crippen molar-refractivity contribution in [3.8, 4) is 5.88 Å². The molecule has 0 radical (unpaired) electrons. The van der Waals surface area contributed by atoms with Crippen molar-refractivity contribution in [2.75, 3.05) is 13.0 Å². The van der Waals surface area contributed by atoms with Gasteiger partial charge in [-0.3, -0.25) is 0 Å². The maximum Gasteiger partial charge on any atom is 0.220 e. The summed E-state index contributed by atoms with van der Waals surface area (Å²) in [6, 6.07) is 3.78. The number of nitrogens with zero attached hydrogens (tertiary/aromatic N) is 1. The minimum absolute atomic E-state index is 0.498. The van der Waals surface area contributed by atoms with Crippen LogP contribution in [0.3, 0.4) is 0 Å². The Morgan fingerprint density at radius 3 is 3.17 bits per heavy atom. The van der Waals surface area contributed by atoms with E-state index in [0.717, 1.165) is 5.56 Å². The fraction of sp³-hybridized carbons (Fsp3) is 0.222. The third-order valence-electron chi connectivity index (χ3n) is 1.38. The molecule has 0 spiro atoms. The van der Waals surface area contributed by atoms with E-state index < -0.39 is 0 Å². The zero-order valence-corrected chi connectivity index (χ0v) is 7.58. The van der Waals surface area contributed by atoms with Gasteiger partial charge in [0.05, 0.1) is 7.11 Å². The number of hydrogen-bond donors (Lipinski definition) is 0. The molecule has 1 heterocycles. The van der Waals surface area contributed by atoms with Crippen LogP contribution in [0.15, 0.2) is 24.4 Å². The highest BCUT2D eigenvalue weighted by molar-refractivity contribution is 6.19. The van der Waals surface area contributed by atoms with Crippen LogP contribution in [0.4, 0.5) is 0 Å². The first-order chi connectivity index (χ1) is 5.88. The van der Waals surface area contributed by atoms with E-state index in [1.165, 1.54) is 0 Å². The number of alkyl halides is 1. The maximum atomic E-state index is 5.50. The Morgan fingerprint density at radius 2 is 2.50 bits per heavy atom. The smallest absolute Gasteiger partial charge is 0.220 e. The molecule has 1 rings (SSSR count). The molecule has 0 fully saturated rings. The van der Waals surface area contributed by atoms with Crippen LogP contribution >= 0.6 is 11.6 Å². The van der Waals surface area contributed by atoms with E-state index in [0.29, 0.717) is 11.8 Å². The predicted octanol–water partition coefficient (Wildman–Crippen LogP) is 2.34. The Morgan fingerprint density at radius 1 is 1.67 bits per heavy atom. The van der Waals surface area contributed by atoms with Crippen molar-refractivity contribution in [3.05, 3.63) is 30.0 Å². The van der Waals surface area contributed by atoms with Gasteiger partial charge in [0.25, 0.3) is 0 Å². The summed E-state index contributed by atoms with van der Waals surface area (Å²) in [6.07, 6.45) is 5.43. The number of aromatic nitrogens is 1. The summed E-state index contributed by atoms with van der Waals surface area (Å²) in [5.41, 5.74) is 0.945. The minimum atomic E-state index is 0.498. The van der Waals surface area contributed by atoms with E-state index in [1.54, 1.807) is 13.3 Å². The van der Waals surface area contributed by atoms with E-state index in [4.69, 9.17) is 16.3 Å². The quantitative estimate of drug-likeness (QED) is 0.672. The van der Waals surface area contributed by atoms with Crippen molar-refractivity contribution >= 4 is 17.7 Å². The highest BCUT2D eigenvalue weighted by Gasteiger charge is 1.96. The zero-order valence-electron chi connectivity index (χ0n) is 6.83. The van der Waals surface area contributed by atoms with E-state index in [1.807, 2.05) is 24.3 Å². The number of halogens is 1. The fourth-order valence-corrected chi connectivity index (χ4v) is 0.961. The van der Waals surface area contributed by atoms with Gasteiger partial charge in [0.15, 0.2) is 0 Å². The molecule has 0 saturated heterocycles. The molecule has 0 bridgehead atoms.